The Morgan fingerprint density at radius 3 is 2.55 bits per heavy atom. The molecule has 0 radical (unpaired) electrons. The summed E-state index contributed by atoms with van der Waals surface area (Å²) in [5.74, 6) is -0.796. The first-order valence-electron chi connectivity index (χ1n) is 3.46. The van der Waals surface area contributed by atoms with Gasteiger partial charge in [0, 0.05) is 12.5 Å². The van der Waals surface area contributed by atoms with Gasteiger partial charge in [0.05, 0.1) is 5.76 Å². The highest BCUT2D eigenvalue weighted by molar-refractivity contribution is 5.80. The number of carbonyl (C=O) groups is 1. The first-order chi connectivity index (χ1) is 5.16. The number of allylic oxidation sites excluding steroid dienone is 3. The number of aliphatic carboxylic acids is 1. The predicted molar refractivity (Wildman–Crippen MR) is 42.4 cm³/mol. The molecular weight excluding hydrogens is 144 g/mol. The summed E-state index contributed by atoms with van der Waals surface area (Å²) in [4.78, 5) is 9.94. The van der Waals surface area contributed by atoms with Crippen LogP contribution in [0.4, 0.5) is 0 Å². The Bertz CT molecular complexity index is 180. The summed E-state index contributed by atoms with van der Waals surface area (Å²) in [6.45, 7) is 1.94. The maximum Gasteiger partial charge on any atom is 0.328 e. The summed E-state index contributed by atoms with van der Waals surface area (Å²) in [6.07, 6.45) is 5.12. The third-order valence-corrected chi connectivity index (χ3v) is 1.03. The Morgan fingerprint density at radius 1 is 1.45 bits per heavy atom. The molecule has 0 heterocycles. The van der Waals surface area contributed by atoms with Crippen molar-refractivity contribution in [2.24, 2.45) is 0 Å². The quantitative estimate of drug-likeness (QED) is 0.371. The lowest BCUT2D eigenvalue weighted by molar-refractivity contribution is -0.131. The van der Waals surface area contributed by atoms with E-state index in [1.54, 1.807) is 0 Å². The van der Waals surface area contributed by atoms with E-state index in [9.17, 15) is 4.79 Å². The van der Waals surface area contributed by atoms with Crippen molar-refractivity contribution in [2.45, 2.75) is 19.8 Å². The van der Waals surface area contributed by atoms with Gasteiger partial charge in [0.2, 0.25) is 0 Å². The Morgan fingerprint density at radius 2 is 2.09 bits per heavy atom. The molecule has 62 valence electrons. The zero-order chi connectivity index (χ0) is 8.69. The third-order valence-electron chi connectivity index (χ3n) is 1.03. The van der Waals surface area contributed by atoms with Crippen molar-refractivity contribution in [2.75, 3.05) is 0 Å². The van der Waals surface area contributed by atoms with Crippen LogP contribution in [0.3, 0.4) is 0 Å². The molecule has 0 rings (SSSR count). The molecule has 0 aliphatic heterocycles. The van der Waals surface area contributed by atoms with Crippen LogP contribution in [0.15, 0.2) is 24.0 Å². The first-order valence-corrected chi connectivity index (χ1v) is 3.46. The molecule has 11 heavy (non-hydrogen) atoms. The minimum atomic E-state index is -1.01. The number of carboxylic acid groups (broad SMARTS) is 1. The largest absolute Gasteiger partial charge is 0.512 e. The highest BCUT2D eigenvalue weighted by Gasteiger charge is 1.87. The van der Waals surface area contributed by atoms with Gasteiger partial charge in [0.1, 0.15) is 0 Å². The van der Waals surface area contributed by atoms with Crippen molar-refractivity contribution < 1.29 is 15.0 Å². The zero-order valence-electron chi connectivity index (χ0n) is 6.45. The molecule has 0 saturated heterocycles. The van der Waals surface area contributed by atoms with Crippen LogP contribution >= 0.6 is 0 Å². The topological polar surface area (TPSA) is 57.5 Å². The standard InChI is InChI=1S/C8H12O3/c1-2-4-7(9)5-3-6-8(10)11/h3,5-6,9H,2,4H2,1H3,(H,10,11)/b6-3+,7-5+. The van der Waals surface area contributed by atoms with Crippen molar-refractivity contribution in [3.8, 4) is 0 Å². The molecule has 0 aliphatic rings. The Balaban J connectivity index is 3.80. The van der Waals surface area contributed by atoms with E-state index in [0.29, 0.717) is 6.42 Å². The molecule has 0 fully saturated rings. The molecule has 0 aromatic carbocycles. The first kappa shape index (κ1) is 9.75. The van der Waals surface area contributed by atoms with Gasteiger partial charge in [-0.1, -0.05) is 13.0 Å². The highest BCUT2D eigenvalue weighted by atomic mass is 16.4. The fourth-order valence-corrected chi connectivity index (χ4v) is 0.581. The number of rotatable bonds is 4. The average molecular weight is 156 g/mol. The van der Waals surface area contributed by atoms with Gasteiger partial charge in [-0.05, 0) is 12.5 Å². The second kappa shape index (κ2) is 5.53. The van der Waals surface area contributed by atoms with Gasteiger partial charge >= 0.3 is 5.97 Å². The van der Waals surface area contributed by atoms with Crippen LogP contribution in [0, 0.1) is 0 Å². The van der Waals surface area contributed by atoms with Gasteiger partial charge in [-0.25, -0.2) is 4.79 Å². The second-order valence-corrected chi connectivity index (χ2v) is 2.11. The second-order valence-electron chi connectivity index (χ2n) is 2.11. The van der Waals surface area contributed by atoms with E-state index < -0.39 is 5.97 Å². The molecule has 3 heteroatoms. The van der Waals surface area contributed by atoms with E-state index in [4.69, 9.17) is 10.2 Å². The summed E-state index contributed by atoms with van der Waals surface area (Å²) < 4.78 is 0. The lowest BCUT2D eigenvalue weighted by Gasteiger charge is -1.91. The highest BCUT2D eigenvalue weighted by Crippen LogP contribution is 1.99. The minimum absolute atomic E-state index is 0.213. The smallest absolute Gasteiger partial charge is 0.328 e. The van der Waals surface area contributed by atoms with Crippen molar-refractivity contribution in [3.05, 3.63) is 24.0 Å². The zero-order valence-corrected chi connectivity index (χ0v) is 6.45. The molecule has 0 unspecified atom stereocenters. The van der Waals surface area contributed by atoms with Crippen molar-refractivity contribution in [3.63, 3.8) is 0 Å². The third kappa shape index (κ3) is 6.64. The summed E-state index contributed by atoms with van der Waals surface area (Å²) in [7, 11) is 0. The molecule has 2 N–H and O–H groups in total. The van der Waals surface area contributed by atoms with Crippen LogP contribution in [0.1, 0.15) is 19.8 Å². The van der Waals surface area contributed by atoms with Gasteiger partial charge in [0.25, 0.3) is 0 Å². The van der Waals surface area contributed by atoms with Crippen LogP contribution in [0.25, 0.3) is 0 Å². The van der Waals surface area contributed by atoms with E-state index >= 15 is 0 Å². The molecule has 0 aromatic rings. The van der Waals surface area contributed by atoms with Crippen LogP contribution in [0.2, 0.25) is 0 Å². The molecule has 0 spiro atoms. The molecule has 0 aliphatic carbocycles. The number of carboxylic acids is 1. The van der Waals surface area contributed by atoms with Crippen molar-refractivity contribution in [1.29, 1.82) is 0 Å². The predicted octanol–water partition coefficient (Wildman–Crippen LogP) is 1.87. The van der Waals surface area contributed by atoms with E-state index in [1.165, 1.54) is 12.2 Å². The molecule has 0 aromatic heterocycles. The van der Waals surface area contributed by atoms with Gasteiger partial charge in [-0.15, -0.1) is 0 Å². The molecule has 0 amide bonds. The van der Waals surface area contributed by atoms with Gasteiger partial charge in [-0.2, -0.15) is 0 Å². The van der Waals surface area contributed by atoms with E-state index in [0.717, 1.165) is 12.5 Å². The SMILES string of the molecule is CCC/C(O)=C\C=C\C(=O)O. The summed E-state index contributed by atoms with van der Waals surface area (Å²) >= 11 is 0. The lowest BCUT2D eigenvalue weighted by Crippen LogP contribution is -1.85. The number of hydrogen-bond donors (Lipinski definition) is 2. The summed E-state index contributed by atoms with van der Waals surface area (Å²) in [5.41, 5.74) is 0. The number of aliphatic hydroxyl groups excluding tert-OH is 1. The number of aliphatic hydroxyl groups is 1. The molecule has 3 nitrogen and oxygen atoms in total. The van der Waals surface area contributed by atoms with Crippen LogP contribution in [-0.2, 0) is 4.79 Å². The van der Waals surface area contributed by atoms with Crippen molar-refractivity contribution in [1.82, 2.24) is 0 Å². The van der Waals surface area contributed by atoms with Crippen LogP contribution in [-0.4, -0.2) is 16.2 Å². The Labute approximate surface area is 65.7 Å². The van der Waals surface area contributed by atoms with Gasteiger partial charge < -0.3 is 10.2 Å². The van der Waals surface area contributed by atoms with Crippen molar-refractivity contribution >= 4 is 5.97 Å². The van der Waals surface area contributed by atoms with E-state index in [2.05, 4.69) is 0 Å². The minimum Gasteiger partial charge on any atom is -0.512 e. The monoisotopic (exact) mass is 156 g/mol. The fraction of sp³-hybridized carbons (Fsp3) is 0.375. The molecule has 0 atom stereocenters. The van der Waals surface area contributed by atoms with Gasteiger partial charge in [-0.3, -0.25) is 0 Å². The Kier molecular flexibility index (Phi) is 4.90. The maximum absolute atomic E-state index is 9.94. The van der Waals surface area contributed by atoms with Gasteiger partial charge in [0.15, 0.2) is 0 Å². The fourth-order valence-electron chi connectivity index (χ4n) is 0.581. The molecule has 0 bridgehead atoms. The maximum atomic E-state index is 9.94. The average Bonchev–Trinajstić information content (AvgIpc) is 1.87. The summed E-state index contributed by atoms with van der Waals surface area (Å²) in [6, 6.07) is 0. The van der Waals surface area contributed by atoms with E-state index in [-0.39, 0.29) is 5.76 Å². The summed E-state index contributed by atoms with van der Waals surface area (Å²) in [5, 5.41) is 17.1. The lowest BCUT2D eigenvalue weighted by atomic mass is 10.3. The number of hydrogen-bond acceptors (Lipinski definition) is 2. The van der Waals surface area contributed by atoms with Crippen LogP contribution in [0.5, 0.6) is 0 Å². The molecular formula is C8H12O3. The normalized spacial score (nSPS) is 12.3. The molecule has 0 saturated carbocycles. The Hall–Kier alpha value is -1.25. The van der Waals surface area contributed by atoms with Crippen LogP contribution < -0.4 is 0 Å². The van der Waals surface area contributed by atoms with E-state index in [1.807, 2.05) is 6.92 Å².